The SMILES string of the molecule is Fc1cccc(C=NNc2cc(-c3ccccc3)nc(-c3ccc(Br)cc3)n2)c1. The standard InChI is InChI=1S/C23H16BrFN4/c24-19-11-9-18(10-12-19)23-27-21(17-6-2-1-3-7-17)14-22(28-23)29-26-15-16-5-4-8-20(25)13-16/h1-15H,(H,27,28,29). The van der Waals surface area contributed by atoms with Crippen molar-refractivity contribution in [3.05, 3.63) is 101 Å². The zero-order valence-corrected chi connectivity index (χ0v) is 16.8. The van der Waals surface area contributed by atoms with E-state index in [9.17, 15) is 4.39 Å². The Morgan fingerprint density at radius 2 is 1.62 bits per heavy atom. The molecule has 0 aliphatic rings. The Hall–Kier alpha value is -3.38. The van der Waals surface area contributed by atoms with Gasteiger partial charge in [0, 0.05) is 21.7 Å². The van der Waals surface area contributed by atoms with E-state index in [4.69, 9.17) is 4.98 Å². The van der Waals surface area contributed by atoms with Crippen LogP contribution in [0.1, 0.15) is 5.56 Å². The molecule has 0 atom stereocenters. The molecule has 1 aromatic heterocycles. The van der Waals surface area contributed by atoms with E-state index >= 15 is 0 Å². The lowest BCUT2D eigenvalue weighted by Gasteiger charge is -2.08. The van der Waals surface area contributed by atoms with E-state index in [1.165, 1.54) is 12.1 Å². The normalized spacial score (nSPS) is 11.0. The van der Waals surface area contributed by atoms with Gasteiger partial charge in [0.25, 0.3) is 0 Å². The Labute approximate surface area is 176 Å². The first-order chi connectivity index (χ1) is 14.2. The minimum atomic E-state index is -0.306. The minimum Gasteiger partial charge on any atom is -0.261 e. The molecule has 0 spiro atoms. The second-order valence-electron chi connectivity index (χ2n) is 6.26. The van der Waals surface area contributed by atoms with Gasteiger partial charge in [-0.1, -0.05) is 70.5 Å². The summed E-state index contributed by atoms with van der Waals surface area (Å²) in [4.78, 5) is 9.30. The molecule has 0 aliphatic carbocycles. The van der Waals surface area contributed by atoms with Gasteiger partial charge in [0.05, 0.1) is 11.9 Å². The molecular weight excluding hydrogens is 431 g/mol. The van der Waals surface area contributed by atoms with Crippen molar-refractivity contribution in [2.75, 3.05) is 5.43 Å². The summed E-state index contributed by atoms with van der Waals surface area (Å²) in [6.07, 6.45) is 1.55. The molecule has 29 heavy (non-hydrogen) atoms. The van der Waals surface area contributed by atoms with E-state index in [-0.39, 0.29) is 5.82 Å². The fourth-order valence-corrected chi connectivity index (χ4v) is 3.01. The molecule has 0 fully saturated rings. The van der Waals surface area contributed by atoms with Crippen LogP contribution in [-0.4, -0.2) is 16.2 Å². The highest BCUT2D eigenvalue weighted by atomic mass is 79.9. The van der Waals surface area contributed by atoms with Crippen LogP contribution in [0.25, 0.3) is 22.6 Å². The van der Waals surface area contributed by atoms with Crippen molar-refractivity contribution >= 4 is 28.0 Å². The number of hydrogen-bond acceptors (Lipinski definition) is 4. The molecule has 0 saturated heterocycles. The van der Waals surface area contributed by atoms with Crippen LogP contribution in [0, 0.1) is 5.82 Å². The summed E-state index contributed by atoms with van der Waals surface area (Å²) in [6, 6.07) is 25.7. The van der Waals surface area contributed by atoms with Gasteiger partial charge in [0.2, 0.25) is 0 Å². The second-order valence-corrected chi connectivity index (χ2v) is 7.18. The van der Waals surface area contributed by atoms with Crippen molar-refractivity contribution in [1.82, 2.24) is 9.97 Å². The maximum absolute atomic E-state index is 13.3. The average Bonchev–Trinajstić information content (AvgIpc) is 2.75. The van der Waals surface area contributed by atoms with E-state index in [0.717, 1.165) is 21.3 Å². The summed E-state index contributed by atoms with van der Waals surface area (Å²) < 4.78 is 14.3. The Balaban J connectivity index is 1.68. The zero-order chi connectivity index (χ0) is 20.1. The van der Waals surface area contributed by atoms with E-state index in [2.05, 4.69) is 31.4 Å². The molecule has 6 heteroatoms. The topological polar surface area (TPSA) is 50.2 Å². The number of anilines is 1. The van der Waals surface area contributed by atoms with Crippen molar-refractivity contribution in [3.63, 3.8) is 0 Å². The number of nitrogens with one attached hydrogen (secondary N) is 1. The summed E-state index contributed by atoms with van der Waals surface area (Å²) >= 11 is 3.45. The predicted molar refractivity (Wildman–Crippen MR) is 118 cm³/mol. The molecule has 0 bridgehead atoms. The zero-order valence-electron chi connectivity index (χ0n) is 15.3. The maximum Gasteiger partial charge on any atom is 0.162 e. The average molecular weight is 447 g/mol. The van der Waals surface area contributed by atoms with Gasteiger partial charge in [-0.05, 0) is 29.8 Å². The number of rotatable bonds is 5. The van der Waals surface area contributed by atoms with E-state index in [1.807, 2.05) is 60.7 Å². The number of aromatic nitrogens is 2. The van der Waals surface area contributed by atoms with Gasteiger partial charge in [-0.25, -0.2) is 14.4 Å². The highest BCUT2D eigenvalue weighted by Gasteiger charge is 2.08. The molecule has 0 amide bonds. The number of benzene rings is 3. The van der Waals surface area contributed by atoms with Crippen LogP contribution < -0.4 is 5.43 Å². The van der Waals surface area contributed by atoms with Crippen LogP contribution in [0.15, 0.2) is 94.5 Å². The van der Waals surface area contributed by atoms with Gasteiger partial charge in [0.15, 0.2) is 11.6 Å². The highest BCUT2D eigenvalue weighted by molar-refractivity contribution is 9.10. The number of hydrogen-bond donors (Lipinski definition) is 1. The Bertz CT molecular complexity index is 1150. The van der Waals surface area contributed by atoms with Crippen molar-refractivity contribution in [1.29, 1.82) is 0 Å². The van der Waals surface area contributed by atoms with Gasteiger partial charge < -0.3 is 0 Å². The smallest absolute Gasteiger partial charge is 0.162 e. The van der Waals surface area contributed by atoms with Crippen LogP contribution in [0.4, 0.5) is 10.2 Å². The van der Waals surface area contributed by atoms with Crippen LogP contribution in [-0.2, 0) is 0 Å². The molecule has 4 aromatic rings. The lowest BCUT2D eigenvalue weighted by molar-refractivity contribution is 0.627. The first-order valence-electron chi connectivity index (χ1n) is 8.92. The number of halogens is 2. The van der Waals surface area contributed by atoms with Gasteiger partial charge in [-0.15, -0.1) is 0 Å². The predicted octanol–water partition coefficient (Wildman–Crippen LogP) is 6.16. The summed E-state index contributed by atoms with van der Waals surface area (Å²) in [5.74, 6) is 0.826. The van der Waals surface area contributed by atoms with E-state index in [1.54, 1.807) is 18.3 Å². The molecule has 1 heterocycles. The Morgan fingerprint density at radius 1 is 0.828 bits per heavy atom. The molecule has 142 valence electrons. The van der Waals surface area contributed by atoms with Gasteiger partial charge >= 0.3 is 0 Å². The second kappa shape index (κ2) is 8.75. The summed E-state index contributed by atoms with van der Waals surface area (Å²) in [7, 11) is 0. The van der Waals surface area contributed by atoms with Crippen molar-refractivity contribution < 1.29 is 4.39 Å². The molecule has 0 radical (unpaired) electrons. The van der Waals surface area contributed by atoms with E-state index < -0.39 is 0 Å². The van der Waals surface area contributed by atoms with Crippen LogP contribution >= 0.6 is 15.9 Å². The maximum atomic E-state index is 13.3. The third kappa shape index (κ3) is 4.92. The quantitative estimate of drug-likeness (QED) is 0.295. The highest BCUT2D eigenvalue weighted by Crippen LogP contribution is 2.25. The third-order valence-corrected chi connectivity index (χ3v) is 4.67. The van der Waals surface area contributed by atoms with Crippen molar-refractivity contribution in [2.45, 2.75) is 0 Å². The first-order valence-corrected chi connectivity index (χ1v) is 9.72. The molecule has 4 nitrogen and oxygen atoms in total. The molecule has 0 aliphatic heterocycles. The fourth-order valence-electron chi connectivity index (χ4n) is 2.75. The fraction of sp³-hybridized carbons (Fsp3) is 0. The molecule has 0 unspecified atom stereocenters. The van der Waals surface area contributed by atoms with Crippen molar-refractivity contribution in [2.24, 2.45) is 5.10 Å². The Morgan fingerprint density at radius 3 is 2.38 bits per heavy atom. The summed E-state index contributed by atoms with van der Waals surface area (Å²) in [5, 5.41) is 4.20. The Kier molecular flexibility index (Phi) is 5.72. The molecule has 1 N–H and O–H groups in total. The van der Waals surface area contributed by atoms with Gasteiger partial charge in [-0.2, -0.15) is 5.10 Å². The number of nitrogens with zero attached hydrogens (tertiary/aromatic N) is 3. The molecular formula is C23H16BrFN4. The lowest BCUT2D eigenvalue weighted by atomic mass is 10.1. The van der Waals surface area contributed by atoms with Crippen LogP contribution in [0.3, 0.4) is 0 Å². The van der Waals surface area contributed by atoms with Gasteiger partial charge in [-0.3, -0.25) is 5.43 Å². The third-order valence-electron chi connectivity index (χ3n) is 4.14. The molecule has 0 saturated carbocycles. The summed E-state index contributed by atoms with van der Waals surface area (Å²) in [5.41, 5.74) is 6.24. The van der Waals surface area contributed by atoms with Crippen LogP contribution in [0.5, 0.6) is 0 Å². The summed E-state index contributed by atoms with van der Waals surface area (Å²) in [6.45, 7) is 0. The van der Waals surface area contributed by atoms with Gasteiger partial charge in [0.1, 0.15) is 5.82 Å². The number of hydrazone groups is 1. The first kappa shape index (κ1) is 19.0. The monoisotopic (exact) mass is 446 g/mol. The minimum absolute atomic E-state index is 0.306. The lowest BCUT2D eigenvalue weighted by Crippen LogP contribution is -1.99. The van der Waals surface area contributed by atoms with E-state index in [0.29, 0.717) is 17.2 Å². The molecule has 3 aromatic carbocycles. The largest absolute Gasteiger partial charge is 0.261 e. The van der Waals surface area contributed by atoms with Crippen molar-refractivity contribution in [3.8, 4) is 22.6 Å². The van der Waals surface area contributed by atoms with Crippen LogP contribution in [0.2, 0.25) is 0 Å². The molecule has 4 rings (SSSR count).